The van der Waals surface area contributed by atoms with Crippen LogP contribution in [0.15, 0.2) is 16.8 Å². The van der Waals surface area contributed by atoms with E-state index in [9.17, 15) is 4.79 Å². The summed E-state index contributed by atoms with van der Waals surface area (Å²) in [7, 11) is 0. The number of hydrogen-bond donors (Lipinski definition) is 2. The summed E-state index contributed by atoms with van der Waals surface area (Å²) in [5.41, 5.74) is 7.01. The fraction of sp³-hybridized carbons (Fsp3) is 0.545. The van der Waals surface area contributed by atoms with Gasteiger partial charge in [0.1, 0.15) is 0 Å². The lowest BCUT2D eigenvalue weighted by Gasteiger charge is -2.11. The molecule has 1 heterocycles. The summed E-state index contributed by atoms with van der Waals surface area (Å²) in [5.74, 6) is 0.892. The van der Waals surface area contributed by atoms with Crippen LogP contribution >= 0.6 is 23.1 Å². The van der Waals surface area contributed by atoms with Crippen LogP contribution in [0.25, 0.3) is 0 Å². The van der Waals surface area contributed by atoms with E-state index in [0.29, 0.717) is 6.54 Å². The molecule has 0 unspecified atom stereocenters. The Balaban J connectivity index is 2.14. The zero-order valence-corrected chi connectivity index (χ0v) is 11.1. The van der Waals surface area contributed by atoms with Crippen molar-refractivity contribution in [3.05, 3.63) is 22.4 Å². The Morgan fingerprint density at radius 3 is 3.12 bits per heavy atom. The van der Waals surface area contributed by atoms with Crippen LogP contribution in [-0.2, 0) is 11.2 Å². The molecule has 1 amide bonds. The largest absolute Gasteiger partial charge is 0.354 e. The second kappa shape index (κ2) is 7.70. The van der Waals surface area contributed by atoms with E-state index in [1.54, 1.807) is 23.1 Å². The van der Waals surface area contributed by atoms with E-state index in [2.05, 4.69) is 16.8 Å². The minimum Gasteiger partial charge on any atom is -0.354 e. The number of carbonyl (C=O) groups is 1. The maximum absolute atomic E-state index is 11.5. The summed E-state index contributed by atoms with van der Waals surface area (Å²) < 4.78 is 0. The molecule has 90 valence electrons. The predicted octanol–water partition coefficient (Wildman–Crippen LogP) is 1.49. The van der Waals surface area contributed by atoms with Crippen LogP contribution in [0, 0.1) is 0 Å². The molecule has 0 fully saturated rings. The molecule has 1 aromatic rings. The SMILES string of the molecule is CSCC[C@@H](N)C(=O)NCCc1ccsc1. The predicted molar refractivity (Wildman–Crippen MR) is 72.0 cm³/mol. The summed E-state index contributed by atoms with van der Waals surface area (Å²) in [6.45, 7) is 0.669. The first-order valence-electron chi connectivity index (χ1n) is 5.27. The molecular weight excluding hydrogens is 240 g/mol. The Morgan fingerprint density at radius 2 is 2.50 bits per heavy atom. The monoisotopic (exact) mass is 258 g/mol. The molecule has 3 nitrogen and oxygen atoms in total. The molecule has 0 saturated carbocycles. The Hall–Kier alpha value is -0.520. The van der Waals surface area contributed by atoms with Gasteiger partial charge in [-0.15, -0.1) is 0 Å². The maximum Gasteiger partial charge on any atom is 0.236 e. The van der Waals surface area contributed by atoms with Crippen molar-refractivity contribution >= 4 is 29.0 Å². The maximum atomic E-state index is 11.5. The van der Waals surface area contributed by atoms with Gasteiger partial charge in [0.2, 0.25) is 5.91 Å². The van der Waals surface area contributed by atoms with Crippen molar-refractivity contribution in [1.29, 1.82) is 0 Å². The Labute approximate surface area is 105 Å². The molecule has 1 rings (SSSR count). The molecule has 0 spiro atoms. The van der Waals surface area contributed by atoms with E-state index in [-0.39, 0.29) is 11.9 Å². The number of nitrogens with one attached hydrogen (secondary N) is 1. The lowest BCUT2D eigenvalue weighted by Crippen LogP contribution is -2.41. The van der Waals surface area contributed by atoms with E-state index >= 15 is 0 Å². The van der Waals surface area contributed by atoms with Crippen LogP contribution in [-0.4, -0.2) is 30.5 Å². The highest BCUT2D eigenvalue weighted by molar-refractivity contribution is 7.98. The molecule has 5 heteroatoms. The highest BCUT2D eigenvalue weighted by Gasteiger charge is 2.11. The summed E-state index contributed by atoms with van der Waals surface area (Å²) in [5, 5.41) is 7.00. The quantitative estimate of drug-likeness (QED) is 0.779. The van der Waals surface area contributed by atoms with Gasteiger partial charge in [0.25, 0.3) is 0 Å². The Kier molecular flexibility index (Phi) is 6.52. The summed E-state index contributed by atoms with van der Waals surface area (Å²) in [6, 6.07) is 1.71. The van der Waals surface area contributed by atoms with E-state index in [1.807, 2.05) is 11.6 Å². The molecule has 0 aliphatic heterocycles. The number of thiophene rings is 1. The molecule has 0 aliphatic carbocycles. The van der Waals surface area contributed by atoms with E-state index < -0.39 is 0 Å². The Morgan fingerprint density at radius 1 is 1.69 bits per heavy atom. The Bertz CT molecular complexity index is 301. The summed E-state index contributed by atoms with van der Waals surface area (Å²) >= 11 is 3.39. The van der Waals surface area contributed by atoms with E-state index in [0.717, 1.165) is 18.6 Å². The molecule has 0 aliphatic rings. The second-order valence-electron chi connectivity index (χ2n) is 3.56. The zero-order chi connectivity index (χ0) is 11.8. The van der Waals surface area contributed by atoms with E-state index in [1.165, 1.54) is 5.56 Å². The fourth-order valence-corrected chi connectivity index (χ4v) is 2.46. The molecule has 0 radical (unpaired) electrons. The van der Waals surface area contributed by atoms with Gasteiger partial charge >= 0.3 is 0 Å². The molecular formula is C11H18N2OS2. The number of amides is 1. The first-order chi connectivity index (χ1) is 7.74. The second-order valence-corrected chi connectivity index (χ2v) is 5.33. The smallest absolute Gasteiger partial charge is 0.236 e. The molecule has 0 aromatic carbocycles. The minimum absolute atomic E-state index is 0.0377. The van der Waals surface area contributed by atoms with Crippen molar-refractivity contribution in [2.45, 2.75) is 18.9 Å². The molecule has 0 saturated heterocycles. The highest BCUT2D eigenvalue weighted by Crippen LogP contribution is 2.05. The van der Waals surface area contributed by atoms with Crippen molar-refractivity contribution in [3.63, 3.8) is 0 Å². The van der Waals surface area contributed by atoms with E-state index in [4.69, 9.17) is 5.73 Å². The van der Waals surface area contributed by atoms with Gasteiger partial charge in [-0.1, -0.05) is 0 Å². The first kappa shape index (κ1) is 13.5. The van der Waals surface area contributed by atoms with Crippen LogP contribution in [0.1, 0.15) is 12.0 Å². The van der Waals surface area contributed by atoms with Crippen molar-refractivity contribution in [2.24, 2.45) is 5.73 Å². The van der Waals surface area contributed by atoms with Gasteiger partial charge < -0.3 is 11.1 Å². The van der Waals surface area contributed by atoms with Crippen LogP contribution in [0.5, 0.6) is 0 Å². The molecule has 1 aromatic heterocycles. The number of thioether (sulfide) groups is 1. The van der Waals surface area contributed by atoms with Gasteiger partial charge in [-0.3, -0.25) is 4.79 Å². The van der Waals surface area contributed by atoms with Crippen molar-refractivity contribution in [2.75, 3.05) is 18.6 Å². The average Bonchev–Trinajstić information content (AvgIpc) is 2.78. The van der Waals surface area contributed by atoms with Crippen LogP contribution in [0.3, 0.4) is 0 Å². The third-order valence-electron chi connectivity index (χ3n) is 2.26. The number of nitrogens with two attached hydrogens (primary N) is 1. The summed E-state index contributed by atoms with van der Waals surface area (Å²) in [4.78, 5) is 11.5. The normalized spacial score (nSPS) is 12.4. The van der Waals surface area contributed by atoms with Crippen molar-refractivity contribution < 1.29 is 4.79 Å². The van der Waals surface area contributed by atoms with Crippen LogP contribution in [0.4, 0.5) is 0 Å². The van der Waals surface area contributed by atoms with Crippen molar-refractivity contribution in [3.8, 4) is 0 Å². The third kappa shape index (κ3) is 5.01. The molecule has 0 bridgehead atoms. The van der Waals surface area contributed by atoms with Gasteiger partial charge in [-0.2, -0.15) is 23.1 Å². The third-order valence-corrected chi connectivity index (χ3v) is 3.64. The van der Waals surface area contributed by atoms with Crippen LogP contribution in [0.2, 0.25) is 0 Å². The van der Waals surface area contributed by atoms with Gasteiger partial charge in [0, 0.05) is 6.54 Å². The van der Waals surface area contributed by atoms with Crippen molar-refractivity contribution in [1.82, 2.24) is 5.32 Å². The van der Waals surface area contributed by atoms with Gasteiger partial charge in [-0.25, -0.2) is 0 Å². The summed E-state index contributed by atoms with van der Waals surface area (Å²) in [6.07, 6.45) is 3.64. The first-order valence-corrected chi connectivity index (χ1v) is 7.61. The van der Waals surface area contributed by atoms with Crippen LogP contribution < -0.4 is 11.1 Å². The van der Waals surface area contributed by atoms with Gasteiger partial charge in [0.05, 0.1) is 6.04 Å². The minimum atomic E-state index is -0.366. The fourth-order valence-electron chi connectivity index (χ4n) is 1.27. The molecule has 16 heavy (non-hydrogen) atoms. The number of carbonyl (C=O) groups excluding carboxylic acids is 1. The van der Waals surface area contributed by atoms with Gasteiger partial charge in [-0.05, 0) is 47.2 Å². The lowest BCUT2D eigenvalue weighted by atomic mass is 10.2. The number of hydrogen-bond acceptors (Lipinski definition) is 4. The number of rotatable bonds is 7. The highest BCUT2D eigenvalue weighted by atomic mass is 32.2. The topological polar surface area (TPSA) is 55.1 Å². The standard InChI is InChI=1S/C11H18N2OS2/c1-15-6-4-10(12)11(14)13-5-2-9-3-7-16-8-9/h3,7-8,10H,2,4-6,12H2,1H3,(H,13,14)/t10-/m1/s1. The average molecular weight is 258 g/mol. The van der Waals surface area contributed by atoms with Gasteiger partial charge in [0.15, 0.2) is 0 Å². The molecule has 1 atom stereocenters. The molecule has 3 N–H and O–H groups in total. The zero-order valence-electron chi connectivity index (χ0n) is 9.44. The lowest BCUT2D eigenvalue weighted by molar-refractivity contribution is -0.122.